The summed E-state index contributed by atoms with van der Waals surface area (Å²) >= 11 is 7.53. The fraction of sp³-hybridized carbons (Fsp3) is 0.308. The van der Waals surface area contributed by atoms with Gasteiger partial charge in [0, 0.05) is 11.4 Å². The average Bonchev–Trinajstić information content (AvgIpc) is 2.84. The van der Waals surface area contributed by atoms with Gasteiger partial charge in [-0.05, 0) is 26.0 Å². The van der Waals surface area contributed by atoms with E-state index in [2.05, 4.69) is 20.6 Å². The molecule has 2 heterocycles. The molecule has 0 aliphatic heterocycles. The molecule has 2 N–H and O–H groups in total. The van der Waals surface area contributed by atoms with Crippen LogP contribution in [-0.2, 0) is 6.54 Å². The summed E-state index contributed by atoms with van der Waals surface area (Å²) in [6.45, 7) is 5.03. The lowest BCUT2D eigenvalue weighted by Gasteiger charge is -2.08. The zero-order valence-electron chi connectivity index (χ0n) is 11.2. The van der Waals surface area contributed by atoms with Crippen LogP contribution in [0.1, 0.15) is 28.0 Å². The van der Waals surface area contributed by atoms with Gasteiger partial charge in [-0.15, -0.1) is 11.3 Å². The number of pyridine rings is 1. The van der Waals surface area contributed by atoms with Crippen molar-refractivity contribution in [1.29, 1.82) is 0 Å². The van der Waals surface area contributed by atoms with Gasteiger partial charge in [0.05, 0.1) is 22.8 Å². The Morgan fingerprint density at radius 2 is 2.25 bits per heavy atom. The molecule has 2 rings (SSSR count). The Morgan fingerprint density at radius 3 is 2.90 bits per heavy atom. The predicted molar refractivity (Wildman–Crippen MR) is 81.4 cm³/mol. The molecule has 0 spiro atoms. The van der Waals surface area contributed by atoms with Crippen LogP contribution in [0.3, 0.4) is 0 Å². The Kier molecular flexibility index (Phi) is 4.92. The monoisotopic (exact) mass is 310 g/mol. The first-order valence-corrected chi connectivity index (χ1v) is 7.45. The number of amides is 1. The summed E-state index contributed by atoms with van der Waals surface area (Å²) in [4.78, 5) is 21.5. The normalized spacial score (nSPS) is 10.3. The van der Waals surface area contributed by atoms with Crippen molar-refractivity contribution in [3.05, 3.63) is 38.9 Å². The van der Waals surface area contributed by atoms with E-state index < -0.39 is 0 Å². The van der Waals surface area contributed by atoms with E-state index in [9.17, 15) is 4.79 Å². The molecule has 0 unspecified atom stereocenters. The molecule has 2 aromatic heterocycles. The van der Waals surface area contributed by atoms with Crippen molar-refractivity contribution in [2.45, 2.75) is 20.4 Å². The smallest absolute Gasteiger partial charge is 0.271 e. The first-order valence-electron chi connectivity index (χ1n) is 6.19. The quantitative estimate of drug-likeness (QED) is 0.891. The summed E-state index contributed by atoms with van der Waals surface area (Å²) in [7, 11) is 0. The fourth-order valence-corrected chi connectivity index (χ4v) is 2.53. The molecule has 0 bridgehead atoms. The molecule has 0 aliphatic carbocycles. The minimum absolute atomic E-state index is 0.229. The molecule has 5 nitrogen and oxygen atoms in total. The highest BCUT2D eigenvalue weighted by atomic mass is 35.5. The van der Waals surface area contributed by atoms with Gasteiger partial charge in [-0.3, -0.25) is 4.79 Å². The second-order valence-electron chi connectivity index (χ2n) is 4.10. The Bertz CT molecular complexity index is 614. The van der Waals surface area contributed by atoms with Crippen LogP contribution >= 0.6 is 22.9 Å². The molecular weight excluding hydrogens is 296 g/mol. The largest absolute Gasteiger partial charge is 0.370 e. The van der Waals surface area contributed by atoms with Gasteiger partial charge in [0.25, 0.3) is 5.91 Å². The van der Waals surface area contributed by atoms with Gasteiger partial charge in [-0.25, -0.2) is 9.97 Å². The summed E-state index contributed by atoms with van der Waals surface area (Å²) in [5.41, 5.74) is 2.91. The van der Waals surface area contributed by atoms with E-state index in [1.54, 1.807) is 17.6 Å². The van der Waals surface area contributed by atoms with Gasteiger partial charge in [0.2, 0.25) is 0 Å². The van der Waals surface area contributed by atoms with Crippen molar-refractivity contribution in [1.82, 2.24) is 15.3 Å². The highest BCUT2D eigenvalue weighted by Crippen LogP contribution is 2.17. The number of halogens is 1. The number of rotatable bonds is 5. The molecular formula is C13H15ClN4OS. The number of hydrogen-bond acceptors (Lipinski definition) is 5. The van der Waals surface area contributed by atoms with E-state index in [0.717, 1.165) is 17.1 Å². The summed E-state index contributed by atoms with van der Waals surface area (Å²) in [5, 5.41) is 6.20. The fourth-order valence-electron chi connectivity index (χ4n) is 1.62. The number of aryl methyl sites for hydroxylation is 1. The lowest BCUT2D eigenvalue weighted by Crippen LogP contribution is -2.24. The predicted octanol–water partition coefficient (Wildman–Crippen LogP) is 2.86. The third-order valence-electron chi connectivity index (χ3n) is 2.67. The molecule has 0 atom stereocenters. The van der Waals surface area contributed by atoms with Crippen LogP contribution in [0.15, 0.2) is 17.6 Å². The maximum atomic E-state index is 12.1. The van der Waals surface area contributed by atoms with Gasteiger partial charge in [0.1, 0.15) is 11.5 Å². The summed E-state index contributed by atoms with van der Waals surface area (Å²) in [5.74, 6) is 0.346. The molecule has 0 saturated heterocycles. The maximum Gasteiger partial charge on any atom is 0.271 e. The second kappa shape index (κ2) is 6.67. The first-order chi connectivity index (χ1) is 9.61. The Morgan fingerprint density at radius 1 is 1.45 bits per heavy atom. The number of nitrogens with zero attached hydrogens (tertiary/aromatic N) is 2. The number of hydrogen-bond donors (Lipinski definition) is 2. The highest BCUT2D eigenvalue weighted by Gasteiger charge is 2.13. The van der Waals surface area contributed by atoms with Crippen molar-refractivity contribution < 1.29 is 4.79 Å². The standard InChI is InChI=1S/C13H15ClN4OS/c1-3-15-11-5-4-9(14)12(18-11)13(19)16-6-10-8(2)17-7-20-10/h4-5,7H,3,6H2,1-2H3,(H,15,18)(H,16,19). The molecule has 2 aromatic rings. The summed E-state index contributed by atoms with van der Waals surface area (Å²) in [6, 6.07) is 3.41. The summed E-state index contributed by atoms with van der Waals surface area (Å²) < 4.78 is 0. The van der Waals surface area contributed by atoms with Crippen LogP contribution in [0.2, 0.25) is 5.02 Å². The van der Waals surface area contributed by atoms with E-state index in [-0.39, 0.29) is 11.6 Å². The first kappa shape index (κ1) is 14.7. The van der Waals surface area contributed by atoms with Crippen molar-refractivity contribution in [3.8, 4) is 0 Å². The average molecular weight is 311 g/mol. The highest BCUT2D eigenvalue weighted by molar-refractivity contribution is 7.09. The number of nitrogens with one attached hydrogen (secondary N) is 2. The SMILES string of the molecule is CCNc1ccc(Cl)c(C(=O)NCc2scnc2C)n1. The molecule has 0 saturated carbocycles. The van der Waals surface area contributed by atoms with E-state index >= 15 is 0 Å². The molecule has 0 aliphatic rings. The van der Waals surface area contributed by atoms with Crippen molar-refractivity contribution >= 4 is 34.7 Å². The maximum absolute atomic E-state index is 12.1. The van der Waals surface area contributed by atoms with Crippen molar-refractivity contribution in [2.75, 3.05) is 11.9 Å². The van der Waals surface area contributed by atoms with E-state index in [4.69, 9.17) is 11.6 Å². The number of anilines is 1. The van der Waals surface area contributed by atoms with Gasteiger partial charge >= 0.3 is 0 Å². The minimum atomic E-state index is -0.289. The van der Waals surface area contributed by atoms with Crippen LogP contribution in [0.4, 0.5) is 5.82 Å². The topological polar surface area (TPSA) is 66.9 Å². The third-order valence-corrected chi connectivity index (χ3v) is 3.91. The van der Waals surface area contributed by atoms with Crippen molar-refractivity contribution in [3.63, 3.8) is 0 Å². The van der Waals surface area contributed by atoms with Gasteiger partial charge in [-0.2, -0.15) is 0 Å². The minimum Gasteiger partial charge on any atom is -0.370 e. The number of thiazole rings is 1. The molecule has 20 heavy (non-hydrogen) atoms. The number of aromatic nitrogens is 2. The van der Waals surface area contributed by atoms with Gasteiger partial charge < -0.3 is 10.6 Å². The number of carbonyl (C=O) groups is 1. The Hall–Kier alpha value is -1.66. The van der Waals surface area contributed by atoms with Crippen molar-refractivity contribution in [2.24, 2.45) is 0 Å². The molecule has 7 heteroatoms. The number of carbonyl (C=O) groups excluding carboxylic acids is 1. The lowest BCUT2D eigenvalue weighted by atomic mass is 10.3. The second-order valence-corrected chi connectivity index (χ2v) is 5.45. The molecule has 106 valence electrons. The van der Waals surface area contributed by atoms with Crippen LogP contribution in [0.5, 0.6) is 0 Å². The van der Waals surface area contributed by atoms with Crippen LogP contribution < -0.4 is 10.6 Å². The Balaban J connectivity index is 2.08. The van der Waals surface area contributed by atoms with Gasteiger partial charge in [-0.1, -0.05) is 11.6 Å². The van der Waals surface area contributed by atoms with Crippen LogP contribution in [-0.4, -0.2) is 22.4 Å². The van der Waals surface area contributed by atoms with E-state index in [1.807, 2.05) is 13.8 Å². The third kappa shape index (κ3) is 3.46. The Labute approximate surface area is 126 Å². The van der Waals surface area contributed by atoms with E-state index in [1.165, 1.54) is 11.3 Å². The lowest BCUT2D eigenvalue weighted by molar-refractivity contribution is 0.0946. The van der Waals surface area contributed by atoms with Crippen LogP contribution in [0, 0.1) is 6.92 Å². The zero-order valence-corrected chi connectivity index (χ0v) is 12.8. The van der Waals surface area contributed by atoms with Crippen LogP contribution in [0.25, 0.3) is 0 Å². The zero-order chi connectivity index (χ0) is 14.5. The summed E-state index contributed by atoms with van der Waals surface area (Å²) in [6.07, 6.45) is 0. The molecule has 0 radical (unpaired) electrons. The van der Waals surface area contributed by atoms with Gasteiger partial charge in [0.15, 0.2) is 0 Å². The van der Waals surface area contributed by atoms with E-state index in [0.29, 0.717) is 17.4 Å². The molecule has 0 aromatic carbocycles. The molecule has 1 amide bonds. The molecule has 0 fully saturated rings.